The Morgan fingerprint density at radius 3 is 2.71 bits per heavy atom. The zero-order chi connectivity index (χ0) is 19.7. The molecule has 8 nitrogen and oxygen atoms in total. The number of aromatic amines is 1. The molecule has 28 heavy (non-hydrogen) atoms. The molecule has 0 saturated carbocycles. The second-order valence-corrected chi connectivity index (χ2v) is 7.41. The highest BCUT2D eigenvalue weighted by molar-refractivity contribution is 7.99. The van der Waals surface area contributed by atoms with Gasteiger partial charge >= 0.3 is 0 Å². The third-order valence-electron chi connectivity index (χ3n) is 4.31. The van der Waals surface area contributed by atoms with Crippen molar-refractivity contribution < 1.29 is 4.74 Å². The van der Waals surface area contributed by atoms with Gasteiger partial charge in [0.25, 0.3) is 5.56 Å². The molecule has 9 heteroatoms. The number of benzene rings is 2. The van der Waals surface area contributed by atoms with Crippen LogP contribution in [0.2, 0.25) is 0 Å². The predicted octanol–water partition coefficient (Wildman–Crippen LogP) is 2.76. The highest BCUT2D eigenvalue weighted by Gasteiger charge is 2.20. The summed E-state index contributed by atoms with van der Waals surface area (Å²) < 4.78 is 6.79. The van der Waals surface area contributed by atoms with Gasteiger partial charge in [0.1, 0.15) is 11.6 Å². The molecule has 0 aliphatic carbocycles. The number of hydrogen-bond donors (Lipinski definition) is 2. The fourth-order valence-electron chi connectivity index (χ4n) is 2.88. The highest BCUT2D eigenvalue weighted by atomic mass is 32.2. The smallest absolute Gasteiger partial charge is 0.258 e. The Labute approximate surface area is 164 Å². The van der Waals surface area contributed by atoms with E-state index < -0.39 is 0 Å². The van der Waals surface area contributed by atoms with Crippen LogP contribution in [0.5, 0.6) is 5.75 Å². The number of rotatable bonds is 5. The van der Waals surface area contributed by atoms with Crippen molar-refractivity contribution in [1.82, 2.24) is 24.8 Å². The first-order valence-corrected chi connectivity index (χ1v) is 9.46. The number of nitrogens with two attached hydrogens (primary N) is 1. The van der Waals surface area contributed by atoms with E-state index in [0.29, 0.717) is 33.5 Å². The molecule has 3 N–H and O–H groups in total. The quantitative estimate of drug-likeness (QED) is 0.395. The molecule has 0 radical (unpaired) electrons. The number of hydrogen-bond acceptors (Lipinski definition) is 7. The van der Waals surface area contributed by atoms with Gasteiger partial charge in [-0.15, -0.1) is 10.2 Å². The molecule has 0 bridgehead atoms. The van der Waals surface area contributed by atoms with Crippen LogP contribution in [0.15, 0.2) is 58.5 Å². The topological polar surface area (TPSA) is 112 Å². The molecule has 0 aliphatic rings. The summed E-state index contributed by atoms with van der Waals surface area (Å²) in [5.41, 5.74) is 1.23. The third kappa shape index (κ3) is 3.20. The number of para-hydroxylation sites is 2. The van der Waals surface area contributed by atoms with Gasteiger partial charge in [-0.2, -0.15) is 0 Å². The van der Waals surface area contributed by atoms with Crippen molar-refractivity contribution in [2.75, 3.05) is 13.0 Å². The summed E-state index contributed by atoms with van der Waals surface area (Å²) in [6.07, 6.45) is 0. The molecule has 142 valence electrons. The van der Waals surface area contributed by atoms with Crippen molar-refractivity contribution >= 4 is 22.7 Å². The lowest BCUT2D eigenvalue weighted by atomic mass is 10.2. The molecule has 2 aromatic heterocycles. The molecule has 0 spiro atoms. The molecule has 2 heterocycles. The Balaban J connectivity index is 1.65. The van der Waals surface area contributed by atoms with Gasteiger partial charge in [0.2, 0.25) is 5.16 Å². The largest absolute Gasteiger partial charge is 0.496 e. The fraction of sp³-hybridized carbons (Fsp3) is 0.158. The first-order valence-electron chi connectivity index (χ1n) is 8.58. The minimum atomic E-state index is -0.186. The predicted molar refractivity (Wildman–Crippen MR) is 109 cm³/mol. The SMILES string of the molecule is COc1ccccc1-c1nnc(S[C@H](C)c2nc3ccccc3c(=O)[nH]2)n1N. The van der Waals surface area contributed by atoms with Crippen LogP contribution in [0.4, 0.5) is 0 Å². The molecule has 4 rings (SSSR count). The van der Waals surface area contributed by atoms with E-state index in [9.17, 15) is 4.79 Å². The maximum atomic E-state index is 12.3. The second-order valence-electron chi connectivity index (χ2n) is 6.10. The summed E-state index contributed by atoms with van der Waals surface area (Å²) >= 11 is 1.36. The molecule has 0 fully saturated rings. The van der Waals surface area contributed by atoms with Gasteiger partial charge in [-0.1, -0.05) is 36.0 Å². The van der Waals surface area contributed by atoms with E-state index >= 15 is 0 Å². The maximum Gasteiger partial charge on any atom is 0.258 e. The van der Waals surface area contributed by atoms with Crippen molar-refractivity contribution in [2.24, 2.45) is 0 Å². The van der Waals surface area contributed by atoms with Gasteiger partial charge < -0.3 is 15.6 Å². The van der Waals surface area contributed by atoms with Crippen molar-refractivity contribution in [3.8, 4) is 17.1 Å². The molecule has 0 unspecified atom stereocenters. The minimum absolute atomic E-state index is 0.169. The van der Waals surface area contributed by atoms with Gasteiger partial charge in [-0.3, -0.25) is 4.79 Å². The average molecular weight is 394 g/mol. The normalized spacial score (nSPS) is 12.2. The lowest BCUT2D eigenvalue weighted by Gasteiger charge is -2.11. The number of H-pyrrole nitrogens is 1. The Bertz CT molecular complexity index is 1200. The Morgan fingerprint density at radius 2 is 1.89 bits per heavy atom. The van der Waals surface area contributed by atoms with Gasteiger partial charge in [-0.25, -0.2) is 9.66 Å². The van der Waals surface area contributed by atoms with Crippen LogP contribution in [-0.4, -0.2) is 32.0 Å². The maximum absolute atomic E-state index is 12.3. The lowest BCUT2D eigenvalue weighted by molar-refractivity contribution is 0.416. The molecule has 0 amide bonds. The van der Waals surface area contributed by atoms with Crippen molar-refractivity contribution in [3.05, 3.63) is 64.7 Å². The van der Waals surface area contributed by atoms with Gasteiger partial charge in [-0.05, 0) is 31.2 Å². The second kappa shape index (κ2) is 7.35. The fourth-order valence-corrected chi connectivity index (χ4v) is 3.71. The van der Waals surface area contributed by atoms with E-state index in [4.69, 9.17) is 10.6 Å². The van der Waals surface area contributed by atoms with Crippen LogP contribution in [0.1, 0.15) is 18.0 Å². The number of ether oxygens (including phenoxy) is 1. The van der Waals surface area contributed by atoms with Gasteiger partial charge in [0.15, 0.2) is 5.82 Å². The van der Waals surface area contributed by atoms with E-state index in [1.165, 1.54) is 16.4 Å². The molecule has 1 atom stereocenters. The standard InChI is InChI=1S/C19H18N6O2S/c1-11(16-21-14-9-5-3-7-12(14)18(26)22-16)28-19-24-23-17(25(19)20)13-8-4-6-10-15(13)27-2/h3-11H,20H2,1-2H3,(H,21,22,26)/t11-/m1/s1. The third-order valence-corrected chi connectivity index (χ3v) is 5.38. The summed E-state index contributed by atoms with van der Waals surface area (Å²) in [6, 6.07) is 14.7. The molecule has 0 aliphatic heterocycles. The van der Waals surface area contributed by atoms with Crippen LogP contribution in [-0.2, 0) is 0 Å². The van der Waals surface area contributed by atoms with E-state index in [-0.39, 0.29) is 10.8 Å². The highest BCUT2D eigenvalue weighted by Crippen LogP contribution is 2.34. The van der Waals surface area contributed by atoms with Crippen LogP contribution in [0, 0.1) is 0 Å². The zero-order valence-corrected chi connectivity index (χ0v) is 16.1. The number of nitrogens with zero attached hydrogens (tertiary/aromatic N) is 4. The summed E-state index contributed by atoms with van der Waals surface area (Å²) in [6.45, 7) is 1.93. The van der Waals surface area contributed by atoms with E-state index in [2.05, 4.69) is 20.2 Å². The van der Waals surface area contributed by atoms with E-state index in [1.54, 1.807) is 13.2 Å². The molecular weight excluding hydrogens is 376 g/mol. The van der Waals surface area contributed by atoms with Crippen molar-refractivity contribution in [2.45, 2.75) is 17.3 Å². The first kappa shape index (κ1) is 18.1. The molecular formula is C19H18N6O2S. The zero-order valence-electron chi connectivity index (χ0n) is 15.3. The van der Waals surface area contributed by atoms with Crippen LogP contribution < -0.4 is 16.1 Å². The van der Waals surface area contributed by atoms with Crippen molar-refractivity contribution in [3.63, 3.8) is 0 Å². The van der Waals surface area contributed by atoms with Gasteiger partial charge in [0, 0.05) is 0 Å². The van der Waals surface area contributed by atoms with Crippen LogP contribution in [0.3, 0.4) is 0 Å². The summed E-state index contributed by atoms with van der Waals surface area (Å²) in [4.78, 5) is 19.7. The number of fused-ring (bicyclic) bond motifs is 1. The number of thioether (sulfide) groups is 1. The summed E-state index contributed by atoms with van der Waals surface area (Å²) in [7, 11) is 1.59. The Morgan fingerprint density at radius 1 is 1.14 bits per heavy atom. The van der Waals surface area contributed by atoms with E-state index in [0.717, 1.165) is 5.56 Å². The van der Waals surface area contributed by atoms with Crippen LogP contribution >= 0.6 is 11.8 Å². The monoisotopic (exact) mass is 394 g/mol. The average Bonchev–Trinajstić information content (AvgIpc) is 3.08. The Hall–Kier alpha value is -3.33. The van der Waals surface area contributed by atoms with Crippen molar-refractivity contribution in [1.29, 1.82) is 0 Å². The number of methoxy groups -OCH3 is 1. The molecule has 4 aromatic rings. The number of nitrogen functional groups attached to an aromatic ring is 1. The Kier molecular flexibility index (Phi) is 4.74. The number of nitrogens with one attached hydrogen (secondary N) is 1. The molecule has 0 saturated heterocycles. The minimum Gasteiger partial charge on any atom is -0.496 e. The number of aromatic nitrogens is 5. The van der Waals surface area contributed by atoms with Gasteiger partial charge in [0.05, 0.1) is 28.8 Å². The summed E-state index contributed by atoms with van der Waals surface area (Å²) in [5.74, 6) is 7.93. The lowest BCUT2D eigenvalue weighted by Crippen LogP contribution is -2.14. The molecule has 2 aromatic carbocycles. The first-order chi connectivity index (χ1) is 13.6. The van der Waals surface area contributed by atoms with Crippen LogP contribution in [0.25, 0.3) is 22.3 Å². The van der Waals surface area contributed by atoms with E-state index in [1.807, 2.05) is 49.4 Å². The summed E-state index contributed by atoms with van der Waals surface area (Å²) in [5, 5.41) is 9.27.